The number of benzene rings is 1. The fraction of sp³-hybridized carbons (Fsp3) is 0.462. The molecule has 0 aliphatic carbocycles. The number of hydrogen-bond donors (Lipinski definition) is 0. The summed E-state index contributed by atoms with van der Waals surface area (Å²) in [6, 6.07) is 3.19. The molecule has 0 heterocycles. The van der Waals surface area contributed by atoms with Crippen molar-refractivity contribution >= 4 is 6.29 Å². The number of rotatable bonds is 6. The number of halogens is 2. The molecule has 0 saturated heterocycles. The van der Waals surface area contributed by atoms with Gasteiger partial charge < -0.3 is 9.53 Å². The molecular weight excluding hydrogens is 226 g/mol. The minimum Gasteiger partial charge on any atom is -0.366 e. The molecule has 94 valence electrons. The largest absolute Gasteiger partial charge is 0.366 e. The third kappa shape index (κ3) is 4.23. The van der Waals surface area contributed by atoms with Crippen molar-refractivity contribution < 1.29 is 18.3 Å². The Hall–Kier alpha value is -1.29. The van der Waals surface area contributed by atoms with Crippen LogP contribution in [-0.4, -0.2) is 12.4 Å². The quantitative estimate of drug-likeness (QED) is 0.716. The van der Waals surface area contributed by atoms with Gasteiger partial charge in [-0.3, -0.25) is 0 Å². The minimum absolute atomic E-state index is 0.0302. The van der Waals surface area contributed by atoms with Gasteiger partial charge >= 0.3 is 0 Å². The molecule has 2 nitrogen and oxygen atoms in total. The highest BCUT2D eigenvalue weighted by Crippen LogP contribution is 2.14. The van der Waals surface area contributed by atoms with Crippen LogP contribution in [0.2, 0.25) is 0 Å². The topological polar surface area (TPSA) is 26.3 Å². The number of carbonyl (C=O) groups excluding carboxylic acids is 1. The molecule has 0 unspecified atom stereocenters. The molecule has 0 saturated carbocycles. The van der Waals surface area contributed by atoms with Gasteiger partial charge in [-0.15, -0.1) is 0 Å². The normalized spacial score (nSPS) is 14.4. The van der Waals surface area contributed by atoms with Gasteiger partial charge in [0.25, 0.3) is 0 Å². The summed E-state index contributed by atoms with van der Waals surface area (Å²) in [7, 11) is 0. The van der Waals surface area contributed by atoms with Gasteiger partial charge in [-0.05, 0) is 23.6 Å². The van der Waals surface area contributed by atoms with Crippen molar-refractivity contribution in [3.05, 3.63) is 35.4 Å². The summed E-state index contributed by atoms with van der Waals surface area (Å²) in [6.07, 6.45) is 0.997. The predicted molar refractivity (Wildman–Crippen MR) is 60.5 cm³/mol. The lowest BCUT2D eigenvalue weighted by Gasteiger charge is -2.17. The summed E-state index contributed by atoms with van der Waals surface area (Å²) in [5, 5.41) is 0. The summed E-state index contributed by atoms with van der Waals surface area (Å²) in [5.41, 5.74) is 0.387. The first kappa shape index (κ1) is 13.8. The number of carbonyl (C=O) groups is 1. The highest BCUT2D eigenvalue weighted by atomic mass is 19.1. The van der Waals surface area contributed by atoms with E-state index in [1.54, 1.807) is 0 Å². The van der Waals surface area contributed by atoms with Crippen LogP contribution < -0.4 is 0 Å². The maximum absolute atomic E-state index is 12.9. The Labute approximate surface area is 99.6 Å². The van der Waals surface area contributed by atoms with Gasteiger partial charge in [0, 0.05) is 6.07 Å². The van der Waals surface area contributed by atoms with E-state index in [-0.39, 0.29) is 12.5 Å². The number of hydrogen-bond acceptors (Lipinski definition) is 2. The summed E-state index contributed by atoms with van der Waals surface area (Å²) >= 11 is 0. The fourth-order valence-corrected chi connectivity index (χ4v) is 1.46. The van der Waals surface area contributed by atoms with Crippen LogP contribution in [0.4, 0.5) is 8.78 Å². The summed E-state index contributed by atoms with van der Waals surface area (Å²) in [4.78, 5) is 10.8. The van der Waals surface area contributed by atoms with E-state index in [9.17, 15) is 13.6 Å². The van der Waals surface area contributed by atoms with E-state index in [1.165, 1.54) is 12.1 Å². The van der Waals surface area contributed by atoms with Crippen LogP contribution in [0.15, 0.2) is 18.2 Å². The van der Waals surface area contributed by atoms with E-state index in [1.807, 2.05) is 13.8 Å². The molecule has 0 fully saturated rings. The van der Waals surface area contributed by atoms with Gasteiger partial charge in [0.05, 0.1) is 6.61 Å². The zero-order valence-corrected chi connectivity index (χ0v) is 9.95. The Morgan fingerprint density at radius 3 is 2.35 bits per heavy atom. The molecule has 0 aliphatic heterocycles. The average molecular weight is 242 g/mol. The Morgan fingerprint density at radius 2 is 1.88 bits per heavy atom. The molecule has 1 aromatic rings. The van der Waals surface area contributed by atoms with Gasteiger partial charge in [-0.2, -0.15) is 0 Å². The Bertz CT molecular complexity index is 359. The van der Waals surface area contributed by atoms with Crippen molar-refractivity contribution in [2.45, 2.75) is 33.0 Å². The molecular formula is C13H16F2O2. The second-order valence-corrected chi connectivity index (χ2v) is 4.07. The van der Waals surface area contributed by atoms with E-state index in [0.717, 1.165) is 18.8 Å². The predicted octanol–water partition coefficient (Wildman–Crippen LogP) is 3.10. The lowest BCUT2D eigenvalue weighted by molar-refractivity contribution is -0.122. The highest BCUT2D eigenvalue weighted by Gasteiger charge is 2.15. The standard InChI is InChI=1S/C13H16F2O2/c1-3-9(2)13(7-16)17-8-10-4-11(14)6-12(15)5-10/h4-7,9,13H,3,8H2,1-2H3/t9-,13+/m0/s1. The second-order valence-electron chi connectivity index (χ2n) is 4.07. The zero-order valence-electron chi connectivity index (χ0n) is 9.95. The maximum atomic E-state index is 12.9. The molecule has 1 rings (SSSR count). The summed E-state index contributed by atoms with van der Waals surface area (Å²) in [5.74, 6) is -1.20. The molecule has 0 aromatic heterocycles. The van der Waals surface area contributed by atoms with Crippen LogP contribution in [0.5, 0.6) is 0 Å². The highest BCUT2D eigenvalue weighted by molar-refractivity contribution is 5.56. The van der Waals surface area contributed by atoms with Crippen molar-refractivity contribution in [2.24, 2.45) is 5.92 Å². The molecule has 1 aromatic carbocycles. The summed E-state index contributed by atoms with van der Waals surface area (Å²) < 4.78 is 31.1. The molecule has 0 bridgehead atoms. The fourth-order valence-electron chi connectivity index (χ4n) is 1.46. The Kier molecular flexibility index (Phi) is 5.22. The molecule has 0 amide bonds. The number of ether oxygens (including phenoxy) is 1. The Balaban J connectivity index is 2.62. The van der Waals surface area contributed by atoms with E-state index in [4.69, 9.17) is 4.74 Å². The van der Waals surface area contributed by atoms with E-state index < -0.39 is 17.7 Å². The van der Waals surface area contributed by atoms with Crippen molar-refractivity contribution in [2.75, 3.05) is 0 Å². The van der Waals surface area contributed by atoms with E-state index in [2.05, 4.69) is 0 Å². The lowest BCUT2D eigenvalue weighted by atomic mass is 10.0. The summed E-state index contributed by atoms with van der Waals surface area (Å²) in [6.45, 7) is 3.88. The van der Waals surface area contributed by atoms with Crippen LogP contribution in [0, 0.1) is 17.6 Å². The lowest BCUT2D eigenvalue weighted by Crippen LogP contribution is -2.22. The van der Waals surface area contributed by atoms with Crippen molar-refractivity contribution in [3.8, 4) is 0 Å². The Morgan fingerprint density at radius 1 is 1.29 bits per heavy atom. The monoisotopic (exact) mass is 242 g/mol. The molecule has 2 atom stereocenters. The van der Waals surface area contributed by atoms with Gasteiger partial charge in [-0.25, -0.2) is 8.78 Å². The SMILES string of the molecule is CC[C@H](C)[C@@H](C=O)OCc1cc(F)cc(F)c1. The molecule has 0 spiro atoms. The van der Waals surface area contributed by atoms with Crippen LogP contribution in [0.3, 0.4) is 0 Å². The van der Waals surface area contributed by atoms with E-state index >= 15 is 0 Å². The molecule has 17 heavy (non-hydrogen) atoms. The first-order chi connectivity index (χ1) is 8.06. The van der Waals surface area contributed by atoms with Crippen molar-refractivity contribution in [1.82, 2.24) is 0 Å². The van der Waals surface area contributed by atoms with Crippen LogP contribution in [0.1, 0.15) is 25.8 Å². The van der Waals surface area contributed by atoms with Gasteiger partial charge in [0.15, 0.2) is 0 Å². The molecule has 0 aliphatic rings. The van der Waals surface area contributed by atoms with Crippen molar-refractivity contribution in [1.29, 1.82) is 0 Å². The van der Waals surface area contributed by atoms with Gasteiger partial charge in [0.1, 0.15) is 24.0 Å². The third-order valence-corrected chi connectivity index (χ3v) is 2.70. The van der Waals surface area contributed by atoms with Gasteiger partial charge in [-0.1, -0.05) is 20.3 Å². The van der Waals surface area contributed by atoms with E-state index in [0.29, 0.717) is 5.56 Å². The first-order valence-electron chi connectivity index (χ1n) is 5.58. The van der Waals surface area contributed by atoms with Crippen LogP contribution in [0.25, 0.3) is 0 Å². The maximum Gasteiger partial charge on any atom is 0.149 e. The average Bonchev–Trinajstić information content (AvgIpc) is 2.28. The number of aldehydes is 1. The van der Waals surface area contributed by atoms with Crippen molar-refractivity contribution in [3.63, 3.8) is 0 Å². The molecule has 0 radical (unpaired) electrons. The minimum atomic E-state index is -0.644. The van der Waals surface area contributed by atoms with Crippen LogP contribution in [-0.2, 0) is 16.1 Å². The zero-order chi connectivity index (χ0) is 12.8. The van der Waals surface area contributed by atoms with Crippen LogP contribution >= 0.6 is 0 Å². The first-order valence-corrected chi connectivity index (χ1v) is 5.58. The third-order valence-electron chi connectivity index (χ3n) is 2.70. The molecule has 4 heteroatoms. The molecule has 0 N–H and O–H groups in total. The smallest absolute Gasteiger partial charge is 0.149 e. The van der Waals surface area contributed by atoms with Gasteiger partial charge in [0.2, 0.25) is 0 Å². The second kappa shape index (κ2) is 6.45.